The molecule has 0 spiro atoms. The van der Waals surface area contributed by atoms with Crippen molar-refractivity contribution in [2.45, 2.75) is 13.8 Å². The van der Waals surface area contributed by atoms with Crippen LogP contribution in [0, 0.1) is 13.8 Å². The van der Waals surface area contributed by atoms with Crippen molar-refractivity contribution in [3.63, 3.8) is 0 Å². The maximum absolute atomic E-state index is 13.2. The second-order valence-electron chi connectivity index (χ2n) is 7.00. The van der Waals surface area contributed by atoms with Crippen LogP contribution in [0.15, 0.2) is 58.5 Å². The van der Waals surface area contributed by atoms with Gasteiger partial charge in [-0.3, -0.25) is 19.8 Å². The summed E-state index contributed by atoms with van der Waals surface area (Å²) < 4.78 is 5.81. The largest absolute Gasteiger partial charge is 0.457 e. The van der Waals surface area contributed by atoms with E-state index < -0.39 is 11.8 Å². The van der Waals surface area contributed by atoms with Gasteiger partial charge in [0, 0.05) is 10.6 Å². The van der Waals surface area contributed by atoms with E-state index in [1.165, 1.54) is 11.0 Å². The van der Waals surface area contributed by atoms with Gasteiger partial charge in [-0.2, -0.15) is 0 Å². The number of carbonyl (C=O) groups is 2. The molecule has 0 atom stereocenters. The third-order valence-corrected chi connectivity index (χ3v) is 5.86. The van der Waals surface area contributed by atoms with Crippen molar-refractivity contribution in [3.8, 4) is 11.3 Å². The van der Waals surface area contributed by atoms with Gasteiger partial charge in [-0.05, 0) is 79.7 Å². The van der Waals surface area contributed by atoms with Crippen LogP contribution in [-0.4, -0.2) is 16.9 Å². The molecule has 1 aliphatic heterocycles. The van der Waals surface area contributed by atoms with Gasteiger partial charge in [0.05, 0.1) is 10.7 Å². The molecule has 1 aliphatic rings. The van der Waals surface area contributed by atoms with Gasteiger partial charge in [-0.1, -0.05) is 35.3 Å². The van der Waals surface area contributed by atoms with E-state index in [1.807, 2.05) is 26.0 Å². The first kappa shape index (κ1) is 21.3. The van der Waals surface area contributed by atoms with E-state index in [0.717, 1.165) is 11.1 Å². The minimum atomic E-state index is -0.584. The minimum Gasteiger partial charge on any atom is -0.457 e. The number of aryl methyl sites for hydroxylation is 1. The Balaban J connectivity index is 1.71. The van der Waals surface area contributed by atoms with Crippen molar-refractivity contribution < 1.29 is 14.0 Å². The number of nitrogens with zero attached hydrogens (tertiary/aromatic N) is 1. The number of furan rings is 1. The first-order valence-corrected chi connectivity index (χ1v) is 10.5. The second-order valence-corrected chi connectivity index (χ2v) is 8.23. The number of hydrogen-bond donors (Lipinski definition) is 1. The molecule has 0 aliphatic carbocycles. The van der Waals surface area contributed by atoms with Crippen LogP contribution in [-0.2, 0) is 9.59 Å². The van der Waals surface area contributed by atoms with Crippen LogP contribution in [0.2, 0.25) is 10.0 Å². The molecular weight excluding hydrogens is 455 g/mol. The van der Waals surface area contributed by atoms with E-state index in [1.54, 1.807) is 36.4 Å². The lowest BCUT2D eigenvalue weighted by Crippen LogP contribution is -2.54. The first-order chi connectivity index (χ1) is 14.8. The van der Waals surface area contributed by atoms with Gasteiger partial charge in [0.1, 0.15) is 17.1 Å². The number of benzene rings is 2. The van der Waals surface area contributed by atoms with Gasteiger partial charge in [-0.25, -0.2) is 0 Å². The average Bonchev–Trinajstić information content (AvgIpc) is 3.16. The molecule has 31 heavy (non-hydrogen) atoms. The molecule has 4 rings (SSSR count). The van der Waals surface area contributed by atoms with Crippen LogP contribution < -0.4 is 10.2 Å². The zero-order valence-electron chi connectivity index (χ0n) is 16.5. The third kappa shape index (κ3) is 4.02. The van der Waals surface area contributed by atoms with Crippen molar-refractivity contribution in [1.29, 1.82) is 0 Å². The monoisotopic (exact) mass is 470 g/mol. The number of amides is 2. The van der Waals surface area contributed by atoms with Crippen molar-refractivity contribution in [2.24, 2.45) is 0 Å². The summed E-state index contributed by atoms with van der Waals surface area (Å²) in [6.07, 6.45) is 1.39. The SMILES string of the molecule is Cc1cccc(N2C(=O)/C(=C\c3ccc(-c4ccc(Cl)cc4Cl)o3)C(=O)NC2=S)c1C. The van der Waals surface area contributed by atoms with E-state index in [0.29, 0.717) is 32.8 Å². The Morgan fingerprint density at radius 2 is 1.84 bits per heavy atom. The summed E-state index contributed by atoms with van der Waals surface area (Å²) in [7, 11) is 0. The van der Waals surface area contributed by atoms with E-state index >= 15 is 0 Å². The van der Waals surface area contributed by atoms with Crippen molar-refractivity contribution in [3.05, 3.63) is 81.0 Å². The summed E-state index contributed by atoms with van der Waals surface area (Å²) in [5.74, 6) is -0.295. The van der Waals surface area contributed by atoms with Gasteiger partial charge in [0.25, 0.3) is 11.8 Å². The predicted molar refractivity (Wildman–Crippen MR) is 126 cm³/mol. The topological polar surface area (TPSA) is 62.6 Å². The summed E-state index contributed by atoms with van der Waals surface area (Å²) in [6, 6.07) is 14.0. The number of anilines is 1. The highest BCUT2D eigenvalue weighted by molar-refractivity contribution is 7.80. The van der Waals surface area contributed by atoms with Crippen LogP contribution in [0.25, 0.3) is 17.4 Å². The van der Waals surface area contributed by atoms with Crippen molar-refractivity contribution in [1.82, 2.24) is 5.32 Å². The zero-order valence-corrected chi connectivity index (χ0v) is 18.9. The summed E-state index contributed by atoms with van der Waals surface area (Å²) in [5.41, 5.74) is 3.08. The van der Waals surface area contributed by atoms with Gasteiger partial charge < -0.3 is 4.42 Å². The highest BCUT2D eigenvalue weighted by Crippen LogP contribution is 2.32. The summed E-state index contributed by atoms with van der Waals surface area (Å²) in [6.45, 7) is 3.84. The number of nitrogens with one attached hydrogen (secondary N) is 1. The van der Waals surface area contributed by atoms with Crippen LogP contribution in [0.3, 0.4) is 0 Å². The summed E-state index contributed by atoms with van der Waals surface area (Å²) >= 11 is 17.5. The quantitative estimate of drug-likeness (QED) is 0.302. The molecule has 1 aromatic heterocycles. The molecule has 8 heteroatoms. The second kappa shape index (κ2) is 8.30. The fourth-order valence-corrected chi connectivity index (χ4v) is 4.04. The molecule has 1 N–H and O–H groups in total. The molecule has 1 fully saturated rings. The highest BCUT2D eigenvalue weighted by atomic mass is 35.5. The van der Waals surface area contributed by atoms with Crippen molar-refractivity contribution >= 4 is 64.1 Å². The lowest BCUT2D eigenvalue weighted by molar-refractivity contribution is -0.122. The molecule has 2 aromatic carbocycles. The summed E-state index contributed by atoms with van der Waals surface area (Å²) in [5, 5.41) is 3.56. The summed E-state index contributed by atoms with van der Waals surface area (Å²) in [4.78, 5) is 27.1. The normalized spacial score (nSPS) is 15.5. The van der Waals surface area contributed by atoms with E-state index in [4.69, 9.17) is 39.8 Å². The lowest BCUT2D eigenvalue weighted by Gasteiger charge is -2.30. The molecule has 5 nitrogen and oxygen atoms in total. The highest BCUT2D eigenvalue weighted by Gasteiger charge is 2.35. The van der Waals surface area contributed by atoms with E-state index in [9.17, 15) is 9.59 Å². The molecule has 3 aromatic rings. The molecule has 2 amide bonds. The van der Waals surface area contributed by atoms with Crippen LogP contribution in [0.4, 0.5) is 5.69 Å². The molecular formula is C23H16Cl2N2O3S. The number of carbonyl (C=O) groups excluding carboxylic acids is 2. The molecule has 0 bridgehead atoms. The first-order valence-electron chi connectivity index (χ1n) is 9.29. The fourth-order valence-electron chi connectivity index (χ4n) is 3.26. The number of thiocarbonyl (C=S) groups is 1. The van der Waals surface area contributed by atoms with Crippen LogP contribution in [0.1, 0.15) is 16.9 Å². The molecule has 156 valence electrons. The van der Waals surface area contributed by atoms with Gasteiger partial charge >= 0.3 is 0 Å². The molecule has 2 heterocycles. The Morgan fingerprint density at radius 1 is 1.06 bits per heavy atom. The number of rotatable bonds is 3. The van der Waals surface area contributed by atoms with Gasteiger partial charge in [0.15, 0.2) is 5.11 Å². The number of hydrogen-bond acceptors (Lipinski definition) is 4. The third-order valence-electron chi connectivity index (χ3n) is 5.03. The molecule has 0 radical (unpaired) electrons. The van der Waals surface area contributed by atoms with E-state index in [-0.39, 0.29) is 10.7 Å². The Kier molecular flexibility index (Phi) is 5.71. The Labute approximate surface area is 194 Å². The lowest BCUT2D eigenvalue weighted by atomic mass is 10.0. The molecule has 1 saturated heterocycles. The Hall–Kier alpha value is -2.93. The maximum Gasteiger partial charge on any atom is 0.270 e. The fraction of sp³-hybridized carbons (Fsp3) is 0.0870. The molecule has 0 saturated carbocycles. The zero-order chi connectivity index (χ0) is 22.3. The minimum absolute atomic E-state index is 0.0360. The van der Waals surface area contributed by atoms with Crippen LogP contribution in [0.5, 0.6) is 0 Å². The smallest absolute Gasteiger partial charge is 0.270 e. The average molecular weight is 471 g/mol. The number of halogens is 2. The van der Waals surface area contributed by atoms with Crippen LogP contribution >= 0.6 is 35.4 Å². The molecule has 0 unspecified atom stereocenters. The van der Waals surface area contributed by atoms with Crippen molar-refractivity contribution in [2.75, 3.05) is 4.90 Å². The van der Waals surface area contributed by atoms with E-state index in [2.05, 4.69) is 5.32 Å². The Morgan fingerprint density at radius 3 is 2.58 bits per heavy atom. The Bertz CT molecular complexity index is 1280. The van der Waals surface area contributed by atoms with Gasteiger partial charge in [0.2, 0.25) is 0 Å². The standard InChI is InChI=1S/C23H16Cl2N2O3S/c1-12-4-3-5-19(13(12)2)27-22(29)17(21(28)26-23(27)31)11-15-7-9-20(30-15)16-8-6-14(24)10-18(16)25/h3-11H,1-2H3,(H,26,28,31)/b17-11-. The maximum atomic E-state index is 13.2. The predicted octanol–water partition coefficient (Wildman–Crippen LogP) is 5.70. The van der Waals surface area contributed by atoms with Gasteiger partial charge in [-0.15, -0.1) is 0 Å².